The molecule has 0 aliphatic carbocycles. The second-order valence-electron chi connectivity index (χ2n) is 3.91. The first kappa shape index (κ1) is 12.2. The molecule has 7 heteroatoms. The van der Waals surface area contributed by atoms with Crippen molar-refractivity contribution < 1.29 is 4.92 Å². The number of nitro benzene ring substituents is 1. The maximum Gasteiger partial charge on any atom is 0.271 e. The molecule has 0 spiro atoms. The molecule has 1 aromatic carbocycles. The lowest BCUT2D eigenvalue weighted by Gasteiger charge is -2.04. The number of nitrogens with one attached hydrogen (secondary N) is 1. The van der Waals surface area contributed by atoms with Crippen molar-refractivity contribution >= 4 is 5.69 Å². The fourth-order valence-corrected chi connectivity index (χ4v) is 1.64. The number of rotatable bonds is 4. The van der Waals surface area contributed by atoms with Crippen LogP contribution in [0.4, 0.5) is 5.69 Å². The van der Waals surface area contributed by atoms with Crippen molar-refractivity contribution in [2.24, 2.45) is 0 Å². The molecule has 0 amide bonds. The van der Waals surface area contributed by atoms with Gasteiger partial charge < -0.3 is 5.32 Å². The highest BCUT2D eigenvalue weighted by molar-refractivity contribution is 5.48. The summed E-state index contributed by atoms with van der Waals surface area (Å²) in [7, 11) is 1.82. The fourth-order valence-electron chi connectivity index (χ4n) is 1.64. The molecule has 0 unspecified atom stereocenters. The van der Waals surface area contributed by atoms with Gasteiger partial charge >= 0.3 is 0 Å². The molecule has 94 valence electrons. The van der Waals surface area contributed by atoms with E-state index in [1.165, 1.54) is 12.1 Å². The molecule has 18 heavy (non-hydrogen) atoms. The van der Waals surface area contributed by atoms with Crippen molar-refractivity contribution in [2.45, 2.75) is 13.5 Å². The van der Waals surface area contributed by atoms with Crippen LogP contribution in [0.2, 0.25) is 0 Å². The Kier molecular flexibility index (Phi) is 3.33. The van der Waals surface area contributed by atoms with Gasteiger partial charge in [-0.15, -0.1) is 5.10 Å². The summed E-state index contributed by atoms with van der Waals surface area (Å²) >= 11 is 0. The highest BCUT2D eigenvalue weighted by Gasteiger charge is 2.11. The van der Waals surface area contributed by atoms with Crippen molar-refractivity contribution in [2.75, 3.05) is 7.05 Å². The van der Waals surface area contributed by atoms with Crippen LogP contribution in [0.5, 0.6) is 0 Å². The van der Waals surface area contributed by atoms with Gasteiger partial charge in [0.15, 0.2) is 0 Å². The third-order valence-corrected chi connectivity index (χ3v) is 2.55. The predicted octanol–water partition coefficient (Wildman–Crippen LogP) is 1.20. The lowest BCUT2D eigenvalue weighted by Crippen LogP contribution is -2.05. The first-order valence-corrected chi connectivity index (χ1v) is 5.43. The number of nitro groups is 1. The summed E-state index contributed by atoms with van der Waals surface area (Å²) in [5, 5.41) is 21.7. The van der Waals surface area contributed by atoms with Crippen LogP contribution in [0.1, 0.15) is 11.3 Å². The van der Waals surface area contributed by atoms with Crippen LogP contribution in [-0.4, -0.2) is 27.0 Å². The number of aryl methyl sites for hydroxylation is 1. The van der Waals surface area contributed by atoms with E-state index in [-0.39, 0.29) is 5.69 Å². The third-order valence-electron chi connectivity index (χ3n) is 2.55. The van der Waals surface area contributed by atoms with Crippen LogP contribution in [-0.2, 0) is 6.54 Å². The number of nitrogens with zero attached hydrogens (tertiary/aromatic N) is 4. The third kappa shape index (κ3) is 2.35. The Hall–Kier alpha value is -2.28. The highest BCUT2D eigenvalue weighted by atomic mass is 16.6. The zero-order valence-corrected chi connectivity index (χ0v) is 10.1. The quantitative estimate of drug-likeness (QED) is 0.648. The first-order valence-electron chi connectivity index (χ1n) is 5.43. The minimum Gasteiger partial charge on any atom is -0.314 e. The predicted molar refractivity (Wildman–Crippen MR) is 65.5 cm³/mol. The molecule has 0 saturated heterocycles. The minimum atomic E-state index is -0.422. The van der Waals surface area contributed by atoms with Crippen LogP contribution in [0.25, 0.3) is 5.69 Å². The van der Waals surface area contributed by atoms with Crippen molar-refractivity contribution in [3.8, 4) is 5.69 Å². The summed E-state index contributed by atoms with van der Waals surface area (Å²) in [6.07, 6.45) is 1.75. The SMILES string of the molecule is CNCc1cn(-c2cc([N+](=O)[O-])ccc2C)nn1. The molecule has 7 nitrogen and oxygen atoms in total. The molecule has 0 atom stereocenters. The van der Waals surface area contributed by atoms with E-state index >= 15 is 0 Å². The molecular weight excluding hydrogens is 234 g/mol. The molecule has 2 rings (SSSR count). The Morgan fingerprint density at radius 2 is 2.28 bits per heavy atom. The molecule has 1 aromatic heterocycles. The Labute approximate surface area is 104 Å². The van der Waals surface area contributed by atoms with E-state index in [1.54, 1.807) is 16.9 Å². The minimum absolute atomic E-state index is 0.0428. The Morgan fingerprint density at radius 1 is 1.50 bits per heavy atom. The normalized spacial score (nSPS) is 10.6. The van der Waals surface area contributed by atoms with Crippen molar-refractivity contribution in [3.63, 3.8) is 0 Å². The molecule has 1 heterocycles. The molecule has 0 aliphatic rings. The molecule has 0 fully saturated rings. The second-order valence-corrected chi connectivity index (χ2v) is 3.91. The van der Waals surface area contributed by atoms with Gasteiger partial charge in [-0.2, -0.15) is 0 Å². The van der Waals surface area contributed by atoms with E-state index < -0.39 is 4.92 Å². The monoisotopic (exact) mass is 247 g/mol. The number of benzene rings is 1. The maximum atomic E-state index is 10.8. The van der Waals surface area contributed by atoms with Crippen LogP contribution in [0.15, 0.2) is 24.4 Å². The largest absolute Gasteiger partial charge is 0.314 e. The standard InChI is InChI=1S/C11H13N5O2/c1-8-3-4-10(16(17)18)5-11(8)15-7-9(6-12-2)13-14-15/h3-5,7,12H,6H2,1-2H3. The molecule has 2 aromatic rings. The van der Waals surface area contributed by atoms with E-state index in [0.717, 1.165) is 11.3 Å². The average molecular weight is 247 g/mol. The molecule has 0 saturated carbocycles. The number of aromatic nitrogens is 3. The van der Waals surface area contributed by atoms with Crippen molar-refractivity contribution in [1.29, 1.82) is 0 Å². The summed E-state index contributed by atoms with van der Waals surface area (Å²) in [6, 6.07) is 4.67. The molecule has 0 radical (unpaired) electrons. The van der Waals surface area contributed by atoms with Gasteiger partial charge in [0.05, 0.1) is 22.5 Å². The summed E-state index contributed by atoms with van der Waals surface area (Å²) in [5.41, 5.74) is 2.39. The van der Waals surface area contributed by atoms with E-state index in [4.69, 9.17) is 0 Å². The van der Waals surface area contributed by atoms with Crippen LogP contribution in [0.3, 0.4) is 0 Å². The van der Waals surface area contributed by atoms with E-state index in [2.05, 4.69) is 15.6 Å². The van der Waals surface area contributed by atoms with Gasteiger partial charge in [0.1, 0.15) is 0 Å². The van der Waals surface area contributed by atoms with Gasteiger partial charge in [-0.25, -0.2) is 4.68 Å². The zero-order valence-electron chi connectivity index (χ0n) is 10.1. The van der Waals surface area contributed by atoms with Crippen molar-refractivity contribution in [1.82, 2.24) is 20.3 Å². The van der Waals surface area contributed by atoms with Crippen LogP contribution >= 0.6 is 0 Å². The van der Waals surface area contributed by atoms with Crippen LogP contribution < -0.4 is 5.32 Å². The van der Waals surface area contributed by atoms with Gasteiger partial charge in [-0.05, 0) is 19.5 Å². The summed E-state index contributed by atoms with van der Waals surface area (Å²) in [4.78, 5) is 10.3. The first-order chi connectivity index (χ1) is 8.61. The van der Waals surface area contributed by atoms with E-state index in [0.29, 0.717) is 12.2 Å². The topological polar surface area (TPSA) is 85.9 Å². The number of non-ortho nitro benzene ring substituents is 1. The summed E-state index contributed by atoms with van der Waals surface area (Å²) in [5.74, 6) is 0. The Morgan fingerprint density at radius 3 is 2.94 bits per heavy atom. The molecule has 0 aliphatic heterocycles. The van der Waals surface area contributed by atoms with Crippen LogP contribution in [0, 0.1) is 17.0 Å². The molecule has 0 bridgehead atoms. The van der Waals surface area contributed by atoms with Crippen molar-refractivity contribution in [3.05, 3.63) is 45.8 Å². The lowest BCUT2D eigenvalue weighted by atomic mass is 10.2. The van der Waals surface area contributed by atoms with Gasteiger partial charge in [0.25, 0.3) is 5.69 Å². The van der Waals surface area contributed by atoms with Gasteiger partial charge in [0.2, 0.25) is 0 Å². The van der Waals surface area contributed by atoms with Gasteiger partial charge in [-0.3, -0.25) is 10.1 Å². The Bertz CT molecular complexity index is 579. The van der Waals surface area contributed by atoms with Gasteiger partial charge in [0, 0.05) is 18.7 Å². The fraction of sp³-hybridized carbons (Fsp3) is 0.273. The second kappa shape index (κ2) is 4.92. The number of hydrogen-bond acceptors (Lipinski definition) is 5. The highest BCUT2D eigenvalue weighted by Crippen LogP contribution is 2.20. The van der Waals surface area contributed by atoms with E-state index in [1.807, 2.05) is 14.0 Å². The smallest absolute Gasteiger partial charge is 0.271 e. The Balaban J connectivity index is 2.41. The summed E-state index contributed by atoms with van der Waals surface area (Å²) < 4.78 is 1.55. The number of hydrogen-bond donors (Lipinski definition) is 1. The molecule has 1 N–H and O–H groups in total. The van der Waals surface area contributed by atoms with Gasteiger partial charge in [-0.1, -0.05) is 11.3 Å². The summed E-state index contributed by atoms with van der Waals surface area (Å²) in [6.45, 7) is 2.48. The average Bonchev–Trinajstić information content (AvgIpc) is 2.78. The zero-order chi connectivity index (χ0) is 13.1. The maximum absolute atomic E-state index is 10.8. The lowest BCUT2D eigenvalue weighted by molar-refractivity contribution is -0.384. The molecular formula is C11H13N5O2. The van der Waals surface area contributed by atoms with E-state index in [9.17, 15) is 10.1 Å².